The predicted octanol–water partition coefficient (Wildman–Crippen LogP) is 2.07. The monoisotopic (exact) mass is 340 g/mol. The lowest BCUT2D eigenvalue weighted by Crippen LogP contribution is -2.43. The Bertz CT molecular complexity index is 736. The minimum Gasteiger partial charge on any atom is -0.381 e. The fourth-order valence-corrected chi connectivity index (χ4v) is 3.18. The number of carbonyl (C=O) groups excluding carboxylic acids is 1. The lowest BCUT2D eigenvalue weighted by atomic mass is 9.93. The Labute approximate surface area is 147 Å². The van der Waals surface area contributed by atoms with E-state index in [1.54, 1.807) is 6.20 Å². The third-order valence-corrected chi connectivity index (χ3v) is 4.54. The number of rotatable bonds is 5. The number of aromatic nitrogens is 2. The van der Waals surface area contributed by atoms with Gasteiger partial charge in [0.25, 0.3) is 5.91 Å². The Hall–Kier alpha value is -2.67. The molecule has 0 radical (unpaired) electrons. The molecule has 3 rings (SSSR count). The quantitative estimate of drug-likeness (QED) is 0.771. The van der Waals surface area contributed by atoms with E-state index in [4.69, 9.17) is 5.73 Å². The largest absolute Gasteiger partial charge is 0.381 e. The molecular weight excluding hydrogens is 316 g/mol. The first-order valence-electron chi connectivity index (χ1n) is 8.46. The summed E-state index contributed by atoms with van der Waals surface area (Å²) in [5, 5.41) is 6.64. The highest BCUT2D eigenvalue weighted by Crippen LogP contribution is 2.25. The lowest BCUT2D eigenvalue weighted by Gasteiger charge is -2.36. The molecule has 0 aliphatic carbocycles. The van der Waals surface area contributed by atoms with E-state index in [9.17, 15) is 4.79 Å². The van der Waals surface area contributed by atoms with Crippen LogP contribution in [0.5, 0.6) is 0 Å². The molecule has 0 aromatic carbocycles. The first-order valence-corrected chi connectivity index (χ1v) is 8.46. The molecule has 1 amide bonds. The van der Waals surface area contributed by atoms with Gasteiger partial charge >= 0.3 is 0 Å². The maximum atomic E-state index is 11.8. The fourth-order valence-electron chi connectivity index (χ4n) is 3.18. The molecule has 2 aromatic heterocycles. The summed E-state index contributed by atoms with van der Waals surface area (Å²) in [7, 11) is 2.13. The van der Waals surface area contributed by atoms with Crippen LogP contribution in [0.1, 0.15) is 23.7 Å². The van der Waals surface area contributed by atoms with Crippen molar-refractivity contribution in [2.45, 2.75) is 19.4 Å². The number of piperidine rings is 1. The Morgan fingerprint density at radius 2 is 2.16 bits per heavy atom. The van der Waals surface area contributed by atoms with Gasteiger partial charge in [0.1, 0.15) is 11.6 Å². The average molecular weight is 340 g/mol. The highest BCUT2D eigenvalue weighted by molar-refractivity contribution is 5.98. The molecule has 1 aliphatic heterocycles. The number of carbonyl (C=O) groups is 1. The van der Waals surface area contributed by atoms with Crippen molar-refractivity contribution in [2.75, 3.05) is 30.8 Å². The first kappa shape index (κ1) is 17.2. The lowest BCUT2D eigenvalue weighted by molar-refractivity contribution is 0.100. The van der Waals surface area contributed by atoms with Crippen molar-refractivity contribution in [3.63, 3.8) is 0 Å². The second-order valence-corrected chi connectivity index (χ2v) is 6.60. The molecule has 1 fully saturated rings. The van der Waals surface area contributed by atoms with Gasteiger partial charge in [-0.25, -0.2) is 9.97 Å². The number of likely N-dealkylation sites (tertiary alicyclic amines) is 1. The number of primary amides is 1. The van der Waals surface area contributed by atoms with Crippen molar-refractivity contribution >= 4 is 23.2 Å². The molecule has 2 aromatic rings. The van der Waals surface area contributed by atoms with Crippen molar-refractivity contribution in [3.05, 3.63) is 42.2 Å². The molecule has 1 aliphatic rings. The van der Waals surface area contributed by atoms with Crippen LogP contribution in [0.4, 0.5) is 17.3 Å². The summed E-state index contributed by atoms with van der Waals surface area (Å²) in [6.45, 7) is 4.26. The van der Waals surface area contributed by atoms with E-state index in [0.717, 1.165) is 19.5 Å². The second kappa shape index (κ2) is 7.48. The van der Waals surface area contributed by atoms with Gasteiger partial charge in [0.2, 0.25) is 0 Å². The van der Waals surface area contributed by atoms with E-state index in [0.29, 0.717) is 34.8 Å². The van der Waals surface area contributed by atoms with Crippen LogP contribution in [-0.4, -0.2) is 47.0 Å². The van der Waals surface area contributed by atoms with Gasteiger partial charge in [-0.05, 0) is 38.1 Å². The number of nitrogens with one attached hydrogen (secondary N) is 2. The Balaban J connectivity index is 1.82. The molecule has 3 heterocycles. The third-order valence-electron chi connectivity index (χ3n) is 4.54. The van der Waals surface area contributed by atoms with Crippen LogP contribution >= 0.6 is 0 Å². The third kappa shape index (κ3) is 4.24. The fraction of sp³-hybridized carbons (Fsp3) is 0.389. The highest BCUT2D eigenvalue weighted by Gasteiger charge is 2.25. The van der Waals surface area contributed by atoms with E-state index in [-0.39, 0.29) is 0 Å². The van der Waals surface area contributed by atoms with Gasteiger partial charge < -0.3 is 21.3 Å². The summed E-state index contributed by atoms with van der Waals surface area (Å²) in [5.41, 5.74) is 6.63. The van der Waals surface area contributed by atoms with Crippen LogP contribution in [0.3, 0.4) is 0 Å². The molecule has 7 heteroatoms. The van der Waals surface area contributed by atoms with Crippen LogP contribution < -0.4 is 16.4 Å². The molecule has 7 nitrogen and oxygen atoms in total. The topological polar surface area (TPSA) is 96.2 Å². The van der Waals surface area contributed by atoms with Gasteiger partial charge in [-0.2, -0.15) is 0 Å². The van der Waals surface area contributed by atoms with Crippen molar-refractivity contribution in [1.29, 1.82) is 0 Å². The standard InChI is InChI=1S/C18H24N6O/c1-12-11-24(2)8-6-14(12)22-15-9-17(21-10-13(15)18(19)25)23-16-5-3-4-7-20-16/h3-5,7,9-10,12,14H,6,8,11H2,1-2H3,(H2,19,25)(H2,20,21,22,23). The minimum absolute atomic E-state index is 0.291. The average Bonchev–Trinajstić information content (AvgIpc) is 2.58. The minimum atomic E-state index is -0.486. The number of nitrogens with two attached hydrogens (primary N) is 1. The maximum Gasteiger partial charge on any atom is 0.252 e. The number of nitrogens with zero attached hydrogens (tertiary/aromatic N) is 3. The van der Waals surface area contributed by atoms with E-state index >= 15 is 0 Å². The van der Waals surface area contributed by atoms with Crippen molar-refractivity contribution in [2.24, 2.45) is 11.7 Å². The molecule has 0 saturated carbocycles. The highest BCUT2D eigenvalue weighted by atomic mass is 16.1. The molecule has 0 bridgehead atoms. The number of anilines is 3. The number of amides is 1. The van der Waals surface area contributed by atoms with Crippen molar-refractivity contribution in [3.8, 4) is 0 Å². The molecule has 2 unspecified atom stereocenters. The first-order chi connectivity index (χ1) is 12.0. The Kier molecular flexibility index (Phi) is 5.14. The van der Waals surface area contributed by atoms with E-state index in [1.807, 2.05) is 24.3 Å². The molecule has 0 spiro atoms. The molecule has 2 atom stereocenters. The van der Waals surface area contributed by atoms with Gasteiger partial charge in [0.15, 0.2) is 0 Å². The number of hydrogen-bond acceptors (Lipinski definition) is 6. The summed E-state index contributed by atoms with van der Waals surface area (Å²) in [4.78, 5) is 22.6. The van der Waals surface area contributed by atoms with Crippen molar-refractivity contribution < 1.29 is 4.79 Å². The van der Waals surface area contributed by atoms with Gasteiger partial charge in [-0.3, -0.25) is 4.79 Å². The SMILES string of the molecule is CC1CN(C)CCC1Nc1cc(Nc2ccccn2)ncc1C(N)=O. The Morgan fingerprint density at radius 3 is 2.84 bits per heavy atom. The smallest absolute Gasteiger partial charge is 0.252 e. The number of hydrogen-bond donors (Lipinski definition) is 3. The molecule has 1 saturated heterocycles. The zero-order valence-corrected chi connectivity index (χ0v) is 14.6. The van der Waals surface area contributed by atoms with Gasteiger partial charge in [0.05, 0.1) is 11.3 Å². The molecule has 25 heavy (non-hydrogen) atoms. The van der Waals surface area contributed by atoms with Crippen LogP contribution in [0.2, 0.25) is 0 Å². The zero-order valence-electron chi connectivity index (χ0n) is 14.6. The summed E-state index contributed by atoms with van der Waals surface area (Å²) < 4.78 is 0. The van der Waals surface area contributed by atoms with Crippen LogP contribution in [0, 0.1) is 5.92 Å². The van der Waals surface area contributed by atoms with Crippen molar-refractivity contribution in [1.82, 2.24) is 14.9 Å². The predicted molar refractivity (Wildman–Crippen MR) is 99.0 cm³/mol. The van der Waals surface area contributed by atoms with Gasteiger partial charge in [-0.1, -0.05) is 13.0 Å². The molecule has 132 valence electrons. The van der Waals surface area contributed by atoms with E-state index in [1.165, 1.54) is 6.20 Å². The van der Waals surface area contributed by atoms with Gasteiger partial charge in [-0.15, -0.1) is 0 Å². The maximum absolute atomic E-state index is 11.8. The van der Waals surface area contributed by atoms with Crippen LogP contribution in [0.15, 0.2) is 36.7 Å². The Morgan fingerprint density at radius 1 is 1.32 bits per heavy atom. The van der Waals surface area contributed by atoms with Crippen LogP contribution in [0.25, 0.3) is 0 Å². The molecular formula is C18H24N6O. The van der Waals surface area contributed by atoms with Crippen LogP contribution in [-0.2, 0) is 0 Å². The second-order valence-electron chi connectivity index (χ2n) is 6.60. The summed E-state index contributed by atoms with van der Waals surface area (Å²) in [5.74, 6) is 1.30. The summed E-state index contributed by atoms with van der Waals surface area (Å²) in [6, 6.07) is 7.71. The molecule has 4 N–H and O–H groups in total. The van der Waals surface area contributed by atoms with Gasteiger partial charge in [0, 0.05) is 31.0 Å². The number of pyridine rings is 2. The van der Waals surface area contributed by atoms with E-state index in [2.05, 4.69) is 39.5 Å². The summed E-state index contributed by atoms with van der Waals surface area (Å²) in [6.07, 6.45) is 4.23. The zero-order chi connectivity index (χ0) is 17.8. The summed E-state index contributed by atoms with van der Waals surface area (Å²) >= 11 is 0. The normalized spacial score (nSPS) is 20.9. The van der Waals surface area contributed by atoms with E-state index < -0.39 is 5.91 Å².